The van der Waals surface area contributed by atoms with Gasteiger partial charge in [0.25, 0.3) is 5.56 Å². The number of nitrogens with zero attached hydrogens (tertiary/aromatic N) is 3. The summed E-state index contributed by atoms with van der Waals surface area (Å²) in [7, 11) is 0. The summed E-state index contributed by atoms with van der Waals surface area (Å²) >= 11 is 0. The number of hydrogen-bond donors (Lipinski definition) is 3. The number of carboxylic acid groups (broad SMARTS) is 1. The Morgan fingerprint density at radius 2 is 1.88 bits per heavy atom. The maximum atomic E-state index is 12.6. The molecule has 0 atom stereocenters. The van der Waals surface area contributed by atoms with E-state index >= 15 is 0 Å². The van der Waals surface area contributed by atoms with Crippen molar-refractivity contribution in [2.75, 3.05) is 0 Å². The Morgan fingerprint density at radius 3 is 2.61 bits per heavy atom. The van der Waals surface area contributed by atoms with Crippen molar-refractivity contribution in [2.24, 2.45) is 10.2 Å². The van der Waals surface area contributed by atoms with Crippen molar-refractivity contribution in [1.29, 1.82) is 0 Å². The molecule has 4 rings (SSSR count). The van der Waals surface area contributed by atoms with Gasteiger partial charge in [-0.15, -0.1) is 10.2 Å². The lowest BCUT2D eigenvalue weighted by Gasteiger charge is -2.08. The number of aromatic nitrogens is 2. The zero-order chi connectivity index (χ0) is 23.7. The third kappa shape index (κ3) is 4.37. The van der Waals surface area contributed by atoms with Crippen molar-refractivity contribution in [3.8, 4) is 5.75 Å². The van der Waals surface area contributed by atoms with Gasteiger partial charge in [-0.3, -0.25) is 19.4 Å². The number of aromatic amines is 1. The number of phenols is 1. The molecule has 1 aromatic heterocycles. The number of hydrogen-bond acceptors (Lipinski definition) is 5. The number of nitrogens with one attached hydrogen (secondary N) is 1. The number of aryl methyl sites for hydroxylation is 4. The molecule has 0 saturated carbocycles. The summed E-state index contributed by atoms with van der Waals surface area (Å²) in [4.78, 5) is 23.3. The highest BCUT2D eigenvalue weighted by molar-refractivity contribution is 5.92. The van der Waals surface area contributed by atoms with E-state index in [0.717, 1.165) is 12.0 Å². The first-order valence-corrected chi connectivity index (χ1v) is 10.8. The molecule has 2 aromatic carbocycles. The van der Waals surface area contributed by atoms with E-state index in [0.29, 0.717) is 17.7 Å². The standard InChI is InChI=1S/C25H26N4O4/c1-14-9-10-15(2)20-13-17(12-19(14)20)18-6-4-7-21(24(18)32)26-27-23-16(3)28-29(25(23)33)11-5-8-22(30)31/h4,6-7,9-10,12,28,32H,5,8,11,13H2,1-3H3,(H,30,31). The Kier molecular flexibility index (Phi) is 6.00. The van der Waals surface area contributed by atoms with E-state index in [2.05, 4.69) is 47.4 Å². The minimum Gasteiger partial charge on any atom is -0.505 e. The van der Waals surface area contributed by atoms with Crippen LogP contribution in [0, 0.1) is 20.8 Å². The van der Waals surface area contributed by atoms with Crippen molar-refractivity contribution in [2.45, 2.75) is 46.6 Å². The highest BCUT2D eigenvalue weighted by atomic mass is 16.4. The zero-order valence-electron chi connectivity index (χ0n) is 18.8. The highest BCUT2D eigenvalue weighted by Gasteiger charge is 2.21. The van der Waals surface area contributed by atoms with Crippen LogP contribution in [-0.2, 0) is 17.8 Å². The average Bonchev–Trinajstić information content (AvgIpc) is 3.33. The summed E-state index contributed by atoms with van der Waals surface area (Å²) in [6.45, 7) is 6.11. The molecule has 1 heterocycles. The molecule has 1 aliphatic rings. The van der Waals surface area contributed by atoms with Crippen LogP contribution in [-0.4, -0.2) is 26.0 Å². The first kappa shape index (κ1) is 22.3. The van der Waals surface area contributed by atoms with Crippen LogP contribution in [0.4, 0.5) is 11.4 Å². The number of carboxylic acids is 1. The minimum atomic E-state index is -0.910. The van der Waals surface area contributed by atoms with E-state index in [1.165, 1.54) is 26.9 Å². The third-order valence-electron chi connectivity index (χ3n) is 5.99. The van der Waals surface area contributed by atoms with Gasteiger partial charge in [-0.2, -0.15) is 0 Å². The van der Waals surface area contributed by atoms with Crippen LogP contribution >= 0.6 is 0 Å². The van der Waals surface area contributed by atoms with Gasteiger partial charge in [0.1, 0.15) is 5.69 Å². The fraction of sp³-hybridized carbons (Fsp3) is 0.280. The predicted octanol–water partition coefficient (Wildman–Crippen LogP) is 5.18. The molecule has 3 aromatic rings. The van der Waals surface area contributed by atoms with Crippen LogP contribution in [0.5, 0.6) is 5.75 Å². The normalized spacial score (nSPS) is 12.9. The molecule has 0 unspecified atom stereocenters. The fourth-order valence-corrected chi connectivity index (χ4v) is 4.15. The van der Waals surface area contributed by atoms with Crippen LogP contribution < -0.4 is 5.56 Å². The van der Waals surface area contributed by atoms with Crippen LogP contribution in [0.15, 0.2) is 45.4 Å². The second-order valence-corrected chi connectivity index (χ2v) is 8.35. The quantitative estimate of drug-likeness (QED) is 0.433. The molecule has 1 aliphatic carbocycles. The first-order valence-electron chi connectivity index (χ1n) is 10.8. The van der Waals surface area contributed by atoms with E-state index in [1.54, 1.807) is 19.1 Å². The molecule has 0 aliphatic heterocycles. The molecule has 0 fully saturated rings. The first-order chi connectivity index (χ1) is 15.8. The van der Waals surface area contributed by atoms with Gasteiger partial charge in [0, 0.05) is 18.5 Å². The molecule has 0 bridgehead atoms. The molecular weight excluding hydrogens is 420 g/mol. The summed E-state index contributed by atoms with van der Waals surface area (Å²) in [6, 6.07) is 9.53. The number of allylic oxidation sites excluding steroid dienone is 1. The Hall–Kier alpha value is -3.94. The number of fused-ring (bicyclic) bond motifs is 1. The Labute approximate surface area is 190 Å². The molecule has 8 heteroatoms. The topological polar surface area (TPSA) is 120 Å². The highest BCUT2D eigenvalue weighted by Crippen LogP contribution is 2.41. The van der Waals surface area contributed by atoms with Crippen molar-refractivity contribution in [3.63, 3.8) is 0 Å². The summed E-state index contributed by atoms with van der Waals surface area (Å²) in [5.41, 5.74) is 7.14. The maximum absolute atomic E-state index is 12.6. The smallest absolute Gasteiger partial charge is 0.303 e. The number of aromatic hydroxyl groups is 1. The zero-order valence-corrected chi connectivity index (χ0v) is 18.8. The molecule has 0 spiro atoms. The van der Waals surface area contributed by atoms with Gasteiger partial charge in [-0.05, 0) is 67.5 Å². The van der Waals surface area contributed by atoms with Gasteiger partial charge in [0.05, 0.1) is 5.69 Å². The third-order valence-corrected chi connectivity index (χ3v) is 5.99. The van der Waals surface area contributed by atoms with Crippen LogP contribution in [0.1, 0.15) is 46.4 Å². The summed E-state index contributed by atoms with van der Waals surface area (Å²) in [6.07, 6.45) is 3.14. The molecule has 3 N–H and O–H groups in total. The monoisotopic (exact) mass is 446 g/mol. The van der Waals surface area contributed by atoms with Crippen molar-refractivity contribution in [3.05, 3.63) is 74.2 Å². The van der Waals surface area contributed by atoms with Crippen molar-refractivity contribution in [1.82, 2.24) is 9.78 Å². The number of rotatable bonds is 7. The van der Waals surface area contributed by atoms with Gasteiger partial charge in [0.2, 0.25) is 0 Å². The molecule has 8 nitrogen and oxygen atoms in total. The number of H-pyrrole nitrogens is 1. The summed E-state index contributed by atoms with van der Waals surface area (Å²) < 4.78 is 1.33. The lowest BCUT2D eigenvalue weighted by Crippen LogP contribution is -2.17. The van der Waals surface area contributed by atoms with Gasteiger partial charge < -0.3 is 10.2 Å². The van der Waals surface area contributed by atoms with Crippen LogP contribution in [0.25, 0.3) is 11.6 Å². The fourth-order valence-electron chi connectivity index (χ4n) is 4.15. The molecular formula is C25H26N4O4. The number of benzene rings is 2. The number of phenolic OH excluding ortho intramolecular Hbond substituents is 1. The number of azo groups is 1. The second kappa shape index (κ2) is 8.90. The molecule has 0 amide bonds. The van der Waals surface area contributed by atoms with E-state index in [1.807, 2.05) is 6.07 Å². The second-order valence-electron chi connectivity index (χ2n) is 8.35. The van der Waals surface area contributed by atoms with Crippen molar-refractivity contribution < 1.29 is 15.0 Å². The van der Waals surface area contributed by atoms with Gasteiger partial charge in [-0.1, -0.05) is 30.3 Å². The molecule has 170 valence electrons. The SMILES string of the molecule is Cc1ccc(C)c2c1C=C(c1cccc(N=Nc3c(C)[nH]n(CCCC(=O)O)c3=O)c1O)C2. The lowest BCUT2D eigenvalue weighted by molar-refractivity contribution is -0.137. The number of aliphatic carboxylic acids is 1. The maximum Gasteiger partial charge on any atom is 0.303 e. The Balaban J connectivity index is 1.60. The van der Waals surface area contributed by atoms with E-state index in [9.17, 15) is 14.7 Å². The predicted molar refractivity (Wildman–Crippen MR) is 126 cm³/mol. The molecule has 33 heavy (non-hydrogen) atoms. The molecule has 0 radical (unpaired) electrons. The van der Waals surface area contributed by atoms with Gasteiger partial charge >= 0.3 is 5.97 Å². The van der Waals surface area contributed by atoms with E-state index in [-0.39, 0.29) is 35.6 Å². The van der Waals surface area contributed by atoms with E-state index < -0.39 is 5.97 Å². The van der Waals surface area contributed by atoms with E-state index in [4.69, 9.17) is 5.11 Å². The summed E-state index contributed by atoms with van der Waals surface area (Å²) in [5, 5.41) is 30.8. The Bertz CT molecular complexity index is 1360. The number of carbonyl (C=O) groups is 1. The lowest BCUT2D eigenvalue weighted by atomic mass is 9.98. The average molecular weight is 447 g/mol. The van der Waals surface area contributed by atoms with Crippen LogP contribution in [0.3, 0.4) is 0 Å². The van der Waals surface area contributed by atoms with Crippen molar-refractivity contribution >= 4 is 29.0 Å². The van der Waals surface area contributed by atoms with Gasteiger partial charge in [0.15, 0.2) is 11.4 Å². The van der Waals surface area contributed by atoms with Crippen LogP contribution in [0.2, 0.25) is 0 Å². The van der Waals surface area contributed by atoms with Gasteiger partial charge in [-0.25, -0.2) is 0 Å². The summed E-state index contributed by atoms with van der Waals surface area (Å²) in [5.74, 6) is -0.891. The number of para-hydroxylation sites is 1. The minimum absolute atomic E-state index is 0.0191. The molecule has 0 saturated heterocycles. The largest absolute Gasteiger partial charge is 0.505 e. The Morgan fingerprint density at radius 1 is 1.12 bits per heavy atom.